The lowest BCUT2D eigenvalue weighted by Crippen LogP contribution is -2.40. The third-order valence-electron chi connectivity index (χ3n) is 3.80. The molecule has 1 amide bonds. The summed E-state index contributed by atoms with van der Waals surface area (Å²) in [4.78, 5) is 14.2. The summed E-state index contributed by atoms with van der Waals surface area (Å²) in [6, 6.07) is 7.64. The molecule has 2 N–H and O–H groups in total. The van der Waals surface area contributed by atoms with E-state index in [2.05, 4.69) is 10.2 Å². The standard InChI is InChI=1S/C16H24N2O2/c1-18(2)11-13-6-5-7-14(10-13)15(19)17-12-16(20)8-3-4-9-16/h5-7,10,20H,3-4,8-9,11-12H2,1-2H3,(H,17,19). The molecule has 4 heteroatoms. The average Bonchev–Trinajstić information content (AvgIpc) is 2.83. The van der Waals surface area contributed by atoms with E-state index in [0.717, 1.165) is 37.8 Å². The van der Waals surface area contributed by atoms with Crippen molar-refractivity contribution in [1.29, 1.82) is 0 Å². The first-order valence-corrected chi connectivity index (χ1v) is 7.23. The highest BCUT2D eigenvalue weighted by molar-refractivity contribution is 5.94. The van der Waals surface area contributed by atoms with Gasteiger partial charge in [0.1, 0.15) is 0 Å². The van der Waals surface area contributed by atoms with E-state index in [0.29, 0.717) is 12.1 Å². The number of amides is 1. The van der Waals surface area contributed by atoms with Crippen LogP contribution in [-0.2, 0) is 6.54 Å². The van der Waals surface area contributed by atoms with Crippen molar-refractivity contribution in [1.82, 2.24) is 10.2 Å². The third-order valence-corrected chi connectivity index (χ3v) is 3.80. The molecule has 0 radical (unpaired) electrons. The van der Waals surface area contributed by atoms with Gasteiger partial charge in [0.15, 0.2) is 0 Å². The predicted molar refractivity (Wildman–Crippen MR) is 79.6 cm³/mol. The summed E-state index contributed by atoms with van der Waals surface area (Å²) in [5, 5.41) is 13.1. The van der Waals surface area contributed by atoms with Crippen LogP contribution in [0, 0.1) is 0 Å². The molecule has 0 heterocycles. The summed E-state index contributed by atoms with van der Waals surface area (Å²) >= 11 is 0. The minimum atomic E-state index is -0.698. The summed E-state index contributed by atoms with van der Waals surface area (Å²) in [6.45, 7) is 1.16. The Morgan fingerprint density at radius 2 is 2.05 bits per heavy atom. The molecule has 0 atom stereocenters. The molecule has 4 nitrogen and oxygen atoms in total. The second-order valence-electron chi connectivity index (χ2n) is 6.05. The van der Waals surface area contributed by atoms with Crippen molar-refractivity contribution in [2.24, 2.45) is 0 Å². The number of hydrogen-bond acceptors (Lipinski definition) is 3. The molecule has 20 heavy (non-hydrogen) atoms. The van der Waals surface area contributed by atoms with Crippen LogP contribution in [0.4, 0.5) is 0 Å². The van der Waals surface area contributed by atoms with Crippen LogP contribution in [0.2, 0.25) is 0 Å². The van der Waals surface area contributed by atoms with E-state index in [4.69, 9.17) is 0 Å². The van der Waals surface area contributed by atoms with E-state index >= 15 is 0 Å². The van der Waals surface area contributed by atoms with E-state index in [1.54, 1.807) is 0 Å². The molecule has 0 aromatic heterocycles. The molecule has 0 bridgehead atoms. The number of benzene rings is 1. The highest BCUT2D eigenvalue weighted by Crippen LogP contribution is 2.28. The van der Waals surface area contributed by atoms with Gasteiger partial charge in [0.25, 0.3) is 5.91 Å². The Morgan fingerprint density at radius 1 is 1.35 bits per heavy atom. The second kappa shape index (κ2) is 6.37. The molecule has 1 aliphatic rings. The Morgan fingerprint density at radius 3 is 2.70 bits per heavy atom. The van der Waals surface area contributed by atoms with Crippen molar-refractivity contribution in [2.75, 3.05) is 20.6 Å². The van der Waals surface area contributed by atoms with E-state index in [9.17, 15) is 9.90 Å². The smallest absolute Gasteiger partial charge is 0.251 e. The molecular weight excluding hydrogens is 252 g/mol. The van der Waals surface area contributed by atoms with Crippen LogP contribution in [0.25, 0.3) is 0 Å². The monoisotopic (exact) mass is 276 g/mol. The minimum Gasteiger partial charge on any atom is -0.388 e. The van der Waals surface area contributed by atoms with Crippen molar-refractivity contribution in [3.63, 3.8) is 0 Å². The van der Waals surface area contributed by atoms with Crippen molar-refractivity contribution >= 4 is 5.91 Å². The minimum absolute atomic E-state index is 0.106. The number of aliphatic hydroxyl groups is 1. The van der Waals surface area contributed by atoms with Gasteiger partial charge in [0, 0.05) is 18.7 Å². The predicted octanol–water partition coefficient (Wildman–Crippen LogP) is 1.78. The fourth-order valence-corrected chi connectivity index (χ4v) is 2.73. The van der Waals surface area contributed by atoms with Crippen LogP contribution in [-0.4, -0.2) is 42.2 Å². The molecule has 1 saturated carbocycles. The lowest BCUT2D eigenvalue weighted by molar-refractivity contribution is 0.0449. The van der Waals surface area contributed by atoms with Gasteiger partial charge in [-0.05, 0) is 44.6 Å². The first-order chi connectivity index (χ1) is 9.48. The molecule has 1 aromatic carbocycles. The molecule has 1 aromatic rings. The Kier molecular flexibility index (Phi) is 4.78. The summed E-state index contributed by atoms with van der Waals surface area (Å²) < 4.78 is 0. The van der Waals surface area contributed by atoms with Gasteiger partial charge in [-0.25, -0.2) is 0 Å². The first kappa shape index (κ1) is 15.0. The number of carbonyl (C=O) groups excluding carboxylic acids is 1. The normalized spacial score (nSPS) is 17.4. The van der Waals surface area contributed by atoms with Gasteiger partial charge < -0.3 is 15.3 Å². The Hall–Kier alpha value is -1.39. The third kappa shape index (κ3) is 4.05. The number of nitrogens with one attached hydrogen (secondary N) is 1. The largest absolute Gasteiger partial charge is 0.388 e. The average molecular weight is 276 g/mol. The highest BCUT2D eigenvalue weighted by atomic mass is 16.3. The van der Waals surface area contributed by atoms with Crippen LogP contribution in [0.5, 0.6) is 0 Å². The Labute approximate surface area is 120 Å². The van der Waals surface area contributed by atoms with Crippen LogP contribution < -0.4 is 5.32 Å². The van der Waals surface area contributed by atoms with Crippen molar-refractivity contribution in [3.8, 4) is 0 Å². The Balaban J connectivity index is 1.95. The molecule has 0 spiro atoms. The quantitative estimate of drug-likeness (QED) is 0.862. The van der Waals surface area contributed by atoms with E-state index < -0.39 is 5.60 Å². The molecule has 110 valence electrons. The summed E-state index contributed by atoms with van der Waals surface area (Å²) in [5.41, 5.74) is 1.07. The van der Waals surface area contributed by atoms with E-state index in [1.807, 2.05) is 38.4 Å². The molecular formula is C16H24N2O2. The van der Waals surface area contributed by atoms with Crippen LogP contribution >= 0.6 is 0 Å². The van der Waals surface area contributed by atoms with Crippen molar-refractivity contribution in [2.45, 2.75) is 37.8 Å². The van der Waals surface area contributed by atoms with Gasteiger partial charge in [0.2, 0.25) is 0 Å². The van der Waals surface area contributed by atoms with Gasteiger partial charge in [-0.2, -0.15) is 0 Å². The van der Waals surface area contributed by atoms with Crippen LogP contribution in [0.15, 0.2) is 24.3 Å². The maximum absolute atomic E-state index is 12.1. The van der Waals surface area contributed by atoms with Gasteiger partial charge in [0.05, 0.1) is 5.60 Å². The van der Waals surface area contributed by atoms with Crippen molar-refractivity contribution in [3.05, 3.63) is 35.4 Å². The molecule has 2 rings (SSSR count). The second-order valence-corrected chi connectivity index (χ2v) is 6.05. The number of carbonyl (C=O) groups is 1. The SMILES string of the molecule is CN(C)Cc1cccc(C(=O)NCC2(O)CCCC2)c1. The zero-order valence-electron chi connectivity index (χ0n) is 12.4. The number of nitrogens with zero attached hydrogens (tertiary/aromatic N) is 1. The topological polar surface area (TPSA) is 52.6 Å². The molecule has 0 unspecified atom stereocenters. The summed E-state index contributed by atoms with van der Waals surface area (Å²) in [5.74, 6) is -0.106. The lowest BCUT2D eigenvalue weighted by Gasteiger charge is -2.22. The van der Waals surface area contributed by atoms with Gasteiger partial charge in [-0.15, -0.1) is 0 Å². The van der Waals surface area contributed by atoms with Gasteiger partial charge >= 0.3 is 0 Å². The van der Waals surface area contributed by atoms with E-state index in [-0.39, 0.29) is 5.91 Å². The summed E-state index contributed by atoms with van der Waals surface area (Å²) in [6.07, 6.45) is 3.66. The molecule has 0 aliphatic heterocycles. The summed E-state index contributed by atoms with van der Waals surface area (Å²) in [7, 11) is 4.00. The van der Waals surface area contributed by atoms with Crippen LogP contribution in [0.1, 0.15) is 41.6 Å². The highest BCUT2D eigenvalue weighted by Gasteiger charge is 2.31. The first-order valence-electron chi connectivity index (χ1n) is 7.23. The van der Waals surface area contributed by atoms with Gasteiger partial charge in [-0.3, -0.25) is 4.79 Å². The number of rotatable bonds is 5. The van der Waals surface area contributed by atoms with Gasteiger partial charge in [-0.1, -0.05) is 25.0 Å². The molecule has 1 aliphatic carbocycles. The maximum Gasteiger partial charge on any atom is 0.251 e. The molecule has 0 saturated heterocycles. The fourth-order valence-electron chi connectivity index (χ4n) is 2.73. The van der Waals surface area contributed by atoms with Crippen molar-refractivity contribution < 1.29 is 9.90 Å². The van der Waals surface area contributed by atoms with E-state index in [1.165, 1.54) is 0 Å². The number of hydrogen-bond donors (Lipinski definition) is 2. The zero-order valence-corrected chi connectivity index (χ0v) is 12.4. The lowest BCUT2D eigenvalue weighted by atomic mass is 10.0. The fraction of sp³-hybridized carbons (Fsp3) is 0.562. The molecule has 1 fully saturated rings. The zero-order chi connectivity index (χ0) is 14.6. The van der Waals surface area contributed by atoms with Crippen LogP contribution in [0.3, 0.4) is 0 Å². The Bertz CT molecular complexity index is 465. The maximum atomic E-state index is 12.1.